The fourth-order valence-corrected chi connectivity index (χ4v) is 1.89. The van der Waals surface area contributed by atoms with Crippen LogP contribution in [0.5, 0.6) is 11.5 Å². The molecule has 20 heavy (non-hydrogen) atoms. The second-order valence-electron chi connectivity index (χ2n) is 4.41. The smallest absolute Gasteiger partial charge is 0.250 e. The third-order valence-electron chi connectivity index (χ3n) is 3.03. The molecule has 0 saturated heterocycles. The van der Waals surface area contributed by atoms with Gasteiger partial charge in [0.1, 0.15) is 0 Å². The zero-order valence-corrected chi connectivity index (χ0v) is 11.8. The molecule has 0 aliphatic rings. The molecule has 0 fully saturated rings. The Bertz CT molecular complexity index is 650. The molecule has 1 aromatic heterocycles. The minimum Gasteiger partial charge on any atom is -0.493 e. The van der Waals surface area contributed by atoms with Crippen molar-refractivity contribution in [3.63, 3.8) is 0 Å². The lowest BCUT2D eigenvalue weighted by atomic mass is 10.2. The predicted molar refractivity (Wildman–Crippen MR) is 78.6 cm³/mol. The third-order valence-corrected chi connectivity index (χ3v) is 3.03. The lowest BCUT2D eigenvalue weighted by molar-refractivity contribution is 0.354. The standard InChI is InChI=1S/C15H18N2O3/c1-17-10-12(5-7-15(17)18)16-9-11-4-6-13(19-2)14(8-11)20-3/h4-8,10,16H,9H2,1-3H3. The van der Waals surface area contributed by atoms with E-state index in [1.165, 1.54) is 10.6 Å². The molecule has 0 atom stereocenters. The van der Waals surface area contributed by atoms with Crippen molar-refractivity contribution in [2.24, 2.45) is 7.05 Å². The summed E-state index contributed by atoms with van der Waals surface area (Å²) in [5, 5.41) is 3.26. The van der Waals surface area contributed by atoms with Crippen LogP contribution in [-0.4, -0.2) is 18.8 Å². The van der Waals surface area contributed by atoms with Gasteiger partial charge in [0.2, 0.25) is 5.56 Å². The number of rotatable bonds is 5. The predicted octanol–water partition coefficient (Wildman–Crippen LogP) is 2.01. The first-order valence-corrected chi connectivity index (χ1v) is 6.25. The second kappa shape index (κ2) is 6.14. The number of hydrogen-bond donors (Lipinski definition) is 1. The van der Waals surface area contributed by atoms with Gasteiger partial charge in [0.15, 0.2) is 11.5 Å². The highest BCUT2D eigenvalue weighted by Gasteiger charge is 2.04. The maximum atomic E-state index is 11.3. The van der Waals surface area contributed by atoms with Crippen LogP contribution in [0.25, 0.3) is 0 Å². The molecule has 0 unspecified atom stereocenters. The number of ether oxygens (including phenoxy) is 2. The summed E-state index contributed by atoms with van der Waals surface area (Å²) in [7, 11) is 4.95. The molecule has 2 aromatic rings. The molecule has 0 aliphatic heterocycles. The summed E-state index contributed by atoms with van der Waals surface area (Å²) < 4.78 is 12.0. The third kappa shape index (κ3) is 3.12. The monoisotopic (exact) mass is 274 g/mol. The largest absolute Gasteiger partial charge is 0.493 e. The SMILES string of the molecule is COc1ccc(CNc2ccc(=O)n(C)c2)cc1OC. The van der Waals surface area contributed by atoms with Gasteiger partial charge in [0.05, 0.1) is 19.9 Å². The van der Waals surface area contributed by atoms with E-state index in [-0.39, 0.29) is 5.56 Å². The van der Waals surface area contributed by atoms with Crippen LogP contribution in [0.15, 0.2) is 41.3 Å². The van der Waals surface area contributed by atoms with Crippen LogP contribution in [0.2, 0.25) is 0 Å². The lowest BCUT2D eigenvalue weighted by Crippen LogP contribution is -2.15. The van der Waals surface area contributed by atoms with Crippen LogP contribution in [0.4, 0.5) is 5.69 Å². The Hall–Kier alpha value is -2.43. The van der Waals surface area contributed by atoms with Crippen molar-refractivity contribution in [2.45, 2.75) is 6.54 Å². The minimum atomic E-state index is -0.0262. The number of nitrogens with zero attached hydrogens (tertiary/aromatic N) is 1. The van der Waals surface area contributed by atoms with Crippen molar-refractivity contribution in [1.82, 2.24) is 4.57 Å². The molecule has 106 valence electrons. The van der Waals surface area contributed by atoms with Gasteiger partial charge in [-0.1, -0.05) is 6.07 Å². The van der Waals surface area contributed by atoms with Gasteiger partial charge in [0, 0.05) is 25.9 Å². The number of aryl methyl sites for hydroxylation is 1. The van der Waals surface area contributed by atoms with E-state index in [2.05, 4.69) is 5.32 Å². The average Bonchev–Trinajstić information content (AvgIpc) is 2.48. The number of methoxy groups -OCH3 is 2. The Labute approximate surface area is 117 Å². The highest BCUT2D eigenvalue weighted by Crippen LogP contribution is 2.27. The topological polar surface area (TPSA) is 52.5 Å². The maximum absolute atomic E-state index is 11.3. The molecule has 5 nitrogen and oxygen atoms in total. The Balaban J connectivity index is 2.10. The first kappa shape index (κ1) is 14.0. The fourth-order valence-electron chi connectivity index (χ4n) is 1.89. The van der Waals surface area contributed by atoms with Crippen molar-refractivity contribution in [3.05, 3.63) is 52.4 Å². The van der Waals surface area contributed by atoms with Gasteiger partial charge in [-0.15, -0.1) is 0 Å². The van der Waals surface area contributed by atoms with Gasteiger partial charge < -0.3 is 19.4 Å². The molecule has 0 aliphatic carbocycles. The highest BCUT2D eigenvalue weighted by molar-refractivity contribution is 5.45. The van der Waals surface area contributed by atoms with Crippen molar-refractivity contribution in [2.75, 3.05) is 19.5 Å². The molecule has 0 amide bonds. The van der Waals surface area contributed by atoms with E-state index < -0.39 is 0 Å². The van der Waals surface area contributed by atoms with E-state index in [4.69, 9.17) is 9.47 Å². The molecule has 5 heteroatoms. The first-order chi connectivity index (χ1) is 9.63. The normalized spacial score (nSPS) is 10.2. The fraction of sp³-hybridized carbons (Fsp3) is 0.267. The first-order valence-electron chi connectivity index (χ1n) is 6.25. The van der Waals surface area contributed by atoms with Gasteiger partial charge in [-0.2, -0.15) is 0 Å². The summed E-state index contributed by atoms with van der Waals surface area (Å²) >= 11 is 0. The van der Waals surface area contributed by atoms with Crippen LogP contribution < -0.4 is 20.3 Å². The quantitative estimate of drug-likeness (QED) is 0.906. The number of anilines is 1. The molecule has 0 spiro atoms. The van der Waals surface area contributed by atoms with Crippen molar-refractivity contribution in [1.29, 1.82) is 0 Å². The summed E-state index contributed by atoms with van der Waals surface area (Å²) in [5.41, 5.74) is 1.93. The van der Waals surface area contributed by atoms with Crippen molar-refractivity contribution >= 4 is 5.69 Å². The molecule has 2 rings (SSSR count). The summed E-state index contributed by atoms with van der Waals surface area (Å²) in [6.07, 6.45) is 1.77. The minimum absolute atomic E-state index is 0.0262. The average molecular weight is 274 g/mol. The molecule has 0 radical (unpaired) electrons. The van der Waals surface area contributed by atoms with Crippen molar-refractivity contribution < 1.29 is 9.47 Å². The molecule has 1 aromatic carbocycles. The number of aromatic nitrogens is 1. The summed E-state index contributed by atoms with van der Waals surface area (Å²) in [6, 6.07) is 9.07. The molecular formula is C15H18N2O3. The molecular weight excluding hydrogens is 256 g/mol. The van der Waals surface area contributed by atoms with Crippen LogP contribution in [0.1, 0.15) is 5.56 Å². The van der Waals surface area contributed by atoms with Crippen LogP contribution in [0.3, 0.4) is 0 Å². The van der Waals surface area contributed by atoms with E-state index in [1.807, 2.05) is 18.2 Å². The Morgan fingerprint density at radius 3 is 2.50 bits per heavy atom. The summed E-state index contributed by atoms with van der Waals surface area (Å²) in [4.78, 5) is 11.3. The number of hydrogen-bond acceptors (Lipinski definition) is 4. The summed E-state index contributed by atoms with van der Waals surface area (Å²) in [6.45, 7) is 0.637. The van der Waals surface area contributed by atoms with Gasteiger partial charge >= 0.3 is 0 Å². The molecule has 0 saturated carbocycles. The van der Waals surface area contributed by atoms with Gasteiger partial charge in [0.25, 0.3) is 0 Å². The van der Waals surface area contributed by atoms with Crippen LogP contribution in [0, 0.1) is 0 Å². The van der Waals surface area contributed by atoms with Gasteiger partial charge in [-0.3, -0.25) is 4.79 Å². The molecule has 1 heterocycles. The van der Waals surface area contributed by atoms with E-state index in [0.717, 1.165) is 11.3 Å². The Morgan fingerprint density at radius 1 is 1.10 bits per heavy atom. The number of pyridine rings is 1. The highest BCUT2D eigenvalue weighted by atomic mass is 16.5. The molecule has 0 bridgehead atoms. The number of benzene rings is 1. The Morgan fingerprint density at radius 2 is 1.85 bits per heavy atom. The maximum Gasteiger partial charge on any atom is 0.250 e. The lowest BCUT2D eigenvalue weighted by Gasteiger charge is -2.11. The number of nitrogens with one attached hydrogen (secondary N) is 1. The van der Waals surface area contributed by atoms with Crippen LogP contribution >= 0.6 is 0 Å². The zero-order chi connectivity index (χ0) is 14.5. The van der Waals surface area contributed by atoms with Crippen molar-refractivity contribution in [3.8, 4) is 11.5 Å². The summed E-state index contributed by atoms with van der Waals surface area (Å²) in [5.74, 6) is 1.41. The second-order valence-corrected chi connectivity index (χ2v) is 4.41. The zero-order valence-electron chi connectivity index (χ0n) is 11.8. The van der Waals surface area contributed by atoms with Gasteiger partial charge in [-0.25, -0.2) is 0 Å². The van der Waals surface area contributed by atoms with Crippen LogP contribution in [-0.2, 0) is 13.6 Å². The van der Waals surface area contributed by atoms with Gasteiger partial charge in [-0.05, 0) is 23.8 Å². The molecule has 1 N–H and O–H groups in total. The Kier molecular flexibility index (Phi) is 4.30. The van der Waals surface area contributed by atoms with E-state index >= 15 is 0 Å². The van der Waals surface area contributed by atoms with E-state index in [9.17, 15) is 4.79 Å². The van der Waals surface area contributed by atoms with E-state index in [0.29, 0.717) is 18.0 Å². The van der Waals surface area contributed by atoms with E-state index in [1.54, 1.807) is 33.5 Å².